The van der Waals surface area contributed by atoms with E-state index in [0.717, 1.165) is 6.04 Å². The number of hydrogen-bond donors (Lipinski definition) is 0. The highest BCUT2D eigenvalue weighted by molar-refractivity contribution is 6.66. The maximum Gasteiger partial charge on any atom is 0.334 e. The summed E-state index contributed by atoms with van der Waals surface area (Å²) >= 11 is 0. The zero-order valence-corrected chi connectivity index (χ0v) is 18.5. The second-order valence-electron chi connectivity index (χ2n) is 7.85. The lowest BCUT2D eigenvalue weighted by Crippen LogP contribution is -2.39. The highest BCUT2D eigenvalue weighted by atomic mass is 28.4. The molecule has 0 aromatic carbocycles. The molecule has 0 aromatic heterocycles. The van der Waals surface area contributed by atoms with Gasteiger partial charge < -0.3 is 8.85 Å². The first-order valence-electron chi connectivity index (χ1n) is 10.8. The SMILES string of the molecule is CCCCCCCCCCCCCCCC[Si](C)(OC)OC(C)C. The van der Waals surface area contributed by atoms with Crippen molar-refractivity contribution in [2.45, 2.75) is 129 Å². The molecule has 0 N–H and O–H groups in total. The van der Waals surface area contributed by atoms with Crippen LogP contribution in [0.25, 0.3) is 0 Å². The van der Waals surface area contributed by atoms with E-state index in [9.17, 15) is 0 Å². The molecule has 0 spiro atoms. The van der Waals surface area contributed by atoms with Crippen molar-refractivity contribution in [3.63, 3.8) is 0 Å². The minimum absolute atomic E-state index is 0.285. The maximum absolute atomic E-state index is 6.02. The fourth-order valence-electron chi connectivity index (χ4n) is 3.35. The van der Waals surface area contributed by atoms with Gasteiger partial charge in [-0.2, -0.15) is 0 Å². The second kappa shape index (κ2) is 16.6. The normalized spacial score (nSPS) is 14.2. The molecule has 0 fully saturated rings. The Balaban J connectivity index is 3.30. The van der Waals surface area contributed by atoms with Crippen LogP contribution >= 0.6 is 0 Å². The number of hydrogen-bond acceptors (Lipinski definition) is 2. The van der Waals surface area contributed by atoms with E-state index in [-0.39, 0.29) is 6.10 Å². The minimum atomic E-state index is -1.89. The predicted octanol–water partition coefficient (Wildman–Crippen LogP) is 7.61. The van der Waals surface area contributed by atoms with Crippen LogP contribution in [-0.2, 0) is 8.85 Å². The van der Waals surface area contributed by atoms with Crippen molar-refractivity contribution in [1.29, 1.82) is 0 Å². The average Bonchev–Trinajstić information content (AvgIpc) is 2.54. The smallest absolute Gasteiger partial charge is 0.334 e. The van der Waals surface area contributed by atoms with Crippen molar-refractivity contribution in [1.82, 2.24) is 0 Å². The van der Waals surface area contributed by atoms with E-state index in [4.69, 9.17) is 8.85 Å². The molecule has 0 saturated carbocycles. The molecule has 0 amide bonds. The molecule has 0 aliphatic carbocycles. The van der Waals surface area contributed by atoms with E-state index in [2.05, 4.69) is 27.3 Å². The van der Waals surface area contributed by atoms with E-state index in [1.165, 1.54) is 89.9 Å². The summed E-state index contributed by atoms with van der Waals surface area (Å²) in [6.45, 7) is 8.71. The summed E-state index contributed by atoms with van der Waals surface area (Å²) in [7, 11) is -0.0713. The van der Waals surface area contributed by atoms with E-state index in [1.807, 2.05) is 7.11 Å². The molecule has 0 rings (SSSR count). The van der Waals surface area contributed by atoms with Crippen molar-refractivity contribution in [3.05, 3.63) is 0 Å². The van der Waals surface area contributed by atoms with Gasteiger partial charge in [0.15, 0.2) is 0 Å². The van der Waals surface area contributed by atoms with Gasteiger partial charge in [0.2, 0.25) is 0 Å². The Labute approximate surface area is 154 Å². The Morgan fingerprint density at radius 3 is 1.38 bits per heavy atom. The van der Waals surface area contributed by atoms with Crippen LogP contribution in [0.5, 0.6) is 0 Å². The lowest BCUT2D eigenvalue weighted by Gasteiger charge is -2.27. The van der Waals surface area contributed by atoms with Gasteiger partial charge in [0.25, 0.3) is 0 Å². The average molecular weight is 359 g/mol. The van der Waals surface area contributed by atoms with Crippen LogP contribution in [0.15, 0.2) is 0 Å². The first-order valence-corrected chi connectivity index (χ1v) is 13.3. The number of unbranched alkanes of at least 4 members (excludes halogenated alkanes) is 13. The van der Waals surface area contributed by atoms with Crippen molar-refractivity contribution < 1.29 is 8.85 Å². The molecule has 0 aliphatic heterocycles. The molecule has 146 valence electrons. The van der Waals surface area contributed by atoms with Gasteiger partial charge in [-0.1, -0.05) is 96.8 Å². The lowest BCUT2D eigenvalue weighted by molar-refractivity contribution is 0.157. The van der Waals surface area contributed by atoms with Crippen LogP contribution in [0.4, 0.5) is 0 Å². The molecule has 0 saturated heterocycles. The zero-order valence-electron chi connectivity index (χ0n) is 17.5. The summed E-state index contributed by atoms with van der Waals surface area (Å²) in [6, 6.07) is 1.14. The molecular formula is C21H46O2Si. The lowest BCUT2D eigenvalue weighted by atomic mass is 10.0. The third kappa shape index (κ3) is 15.7. The van der Waals surface area contributed by atoms with Gasteiger partial charge >= 0.3 is 8.56 Å². The summed E-state index contributed by atoms with van der Waals surface area (Å²) in [5.74, 6) is 0. The van der Waals surface area contributed by atoms with E-state index in [1.54, 1.807) is 0 Å². The van der Waals surface area contributed by atoms with E-state index < -0.39 is 8.56 Å². The first-order chi connectivity index (χ1) is 11.5. The van der Waals surface area contributed by atoms with Gasteiger partial charge in [-0.3, -0.25) is 0 Å². The molecule has 2 nitrogen and oxygen atoms in total. The van der Waals surface area contributed by atoms with Crippen LogP contribution in [-0.4, -0.2) is 21.8 Å². The van der Waals surface area contributed by atoms with Gasteiger partial charge in [-0.25, -0.2) is 0 Å². The Hall–Kier alpha value is 0.137. The summed E-state index contributed by atoms with van der Waals surface area (Å²) in [6.07, 6.45) is 20.1. The molecule has 0 aromatic rings. The van der Waals surface area contributed by atoms with Crippen molar-refractivity contribution in [3.8, 4) is 0 Å². The van der Waals surface area contributed by atoms with Crippen molar-refractivity contribution in [2.75, 3.05) is 7.11 Å². The first kappa shape index (κ1) is 24.1. The van der Waals surface area contributed by atoms with Crippen LogP contribution < -0.4 is 0 Å². The van der Waals surface area contributed by atoms with Crippen LogP contribution in [0.2, 0.25) is 12.6 Å². The third-order valence-electron chi connectivity index (χ3n) is 4.90. The van der Waals surface area contributed by atoms with Crippen molar-refractivity contribution >= 4 is 8.56 Å². The number of rotatable bonds is 18. The monoisotopic (exact) mass is 358 g/mol. The minimum Gasteiger partial charge on any atom is -0.398 e. The topological polar surface area (TPSA) is 18.5 Å². The molecule has 1 atom stereocenters. The molecular weight excluding hydrogens is 312 g/mol. The molecule has 0 aliphatic rings. The predicted molar refractivity (Wildman–Crippen MR) is 110 cm³/mol. The van der Waals surface area contributed by atoms with Crippen molar-refractivity contribution in [2.24, 2.45) is 0 Å². The summed E-state index contributed by atoms with van der Waals surface area (Å²) in [4.78, 5) is 0. The third-order valence-corrected chi connectivity index (χ3v) is 8.00. The van der Waals surface area contributed by atoms with Gasteiger partial charge in [0.1, 0.15) is 0 Å². The molecule has 0 bridgehead atoms. The maximum atomic E-state index is 6.02. The molecule has 24 heavy (non-hydrogen) atoms. The fraction of sp³-hybridized carbons (Fsp3) is 1.00. The van der Waals surface area contributed by atoms with Gasteiger partial charge in [0.05, 0.1) is 0 Å². The Morgan fingerprint density at radius 1 is 0.667 bits per heavy atom. The van der Waals surface area contributed by atoms with Gasteiger partial charge in [0, 0.05) is 13.2 Å². The zero-order chi connectivity index (χ0) is 18.1. The summed E-state index contributed by atoms with van der Waals surface area (Å²) in [5, 5.41) is 0. The second-order valence-corrected chi connectivity index (χ2v) is 11.3. The Bertz CT molecular complexity index is 258. The van der Waals surface area contributed by atoms with Crippen LogP contribution in [0, 0.1) is 0 Å². The fourth-order valence-corrected chi connectivity index (χ4v) is 5.66. The largest absolute Gasteiger partial charge is 0.398 e. The molecule has 0 heterocycles. The quantitative estimate of drug-likeness (QED) is 0.185. The van der Waals surface area contributed by atoms with Crippen LogP contribution in [0.1, 0.15) is 111 Å². The molecule has 0 radical (unpaired) electrons. The highest BCUT2D eigenvalue weighted by Crippen LogP contribution is 2.20. The van der Waals surface area contributed by atoms with Gasteiger partial charge in [-0.15, -0.1) is 0 Å². The highest BCUT2D eigenvalue weighted by Gasteiger charge is 2.30. The van der Waals surface area contributed by atoms with E-state index >= 15 is 0 Å². The van der Waals surface area contributed by atoms with Crippen LogP contribution in [0.3, 0.4) is 0 Å². The molecule has 1 unspecified atom stereocenters. The molecule has 3 heteroatoms. The standard InChI is InChI=1S/C21H46O2Si/c1-6-7-8-9-10-11-12-13-14-15-16-17-18-19-20-24(5,22-4)23-21(2)3/h21H,6-20H2,1-5H3. The summed E-state index contributed by atoms with van der Waals surface area (Å²) < 4.78 is 11.7. The van der Waals surface area contributed by atoms with E-state index in [0.29, 0.717) is 0 Å². The van der Waals surface area contributed by atoms with Gasteiger partial charge in [-0.05, 0) is 26.4 Å². The Kier molecular flexibility index (Phi) is 16.7. The summed E-state index contributed by atoms with van der Waals surface area (Å²) in [5.41, 5.74) is 0. The Morgan fingerprint density at radius 2 is 1.04 bits per heavy atom.